The maximum Gasteiger partial charge on any atom is 0.262 e. The van der Waals surface area contributed by atoms with E-state index in [9.17, 15) is 9.59 Å². The average Bonchev–Trinajstić information content (AvgIpc) is 3.07. The summed E-state index contributed by atoms with van der Waals surface area (Å²) in [5.74, 6) is -0.114. The number of rotatable bonds is 6. The van der Waals surface area contributed by atoms with Crippen molar-refractivity contribution >= 4 is 27.5 Å². The lowest BCUT2D eigenvalue weighted by molar-refractivity contribution is -0.131. The van der Waals surface area contributed by atoms with E-state index in [1.165, 1.54) is 22.2 Å². The fraction of sp³-hybridized carbons (Fsp3) is 0.250. The molecular weight excluding hydrogens is 346 g/mol. The van der Waals surface area contributed by atoms with Gasteiger partial charge in [-0.2, -0.15) is 0 Å². The van der Waals surface area contributed by atoms with Gasteiger partial charge in [0.05, 0.1) is 11.7 Å². The molecular formula is C20H21N3O2S. The minimum absolute atomic E-state index is 0.0145. The van der Waals surface area contributed by atoms with E-state index in [4.69, 9.17) is 0 Å². The number of thiophene rings is 1. The van der Waals surface area contributed by atoms with Gasteiger partial charge in [0.25, 0.3) is 5.56 Å². The van der Waals surface area contributed by atoms with Gasteiger partial charge in [-0.25, -0.2) is 4.98 Å². The number of carbonyl (C=O) groups is 1. The molecule has 0 spiro atoms. The molecule has 5 nitrogen and oxygen atoms in total. The lowest BCUT2D eigenvalue weighted by Crippen LogP contribution is -2.37. The Morgan fingerprint density at radius 3 is 2.69 bits per heavy atom. The summed E-state index contributed by atoms with van der Waals surface area (Å²) in [6, 6.07) is 11.7. The highest BCUT2D eigenvalue weighted by atomic mass is 32.1. The summed E-state index contributed by atoms with van der Waals surface area (Å²) in [6.07, 6.45) is 1.46. The first-order chi connectivity index (χ1) is 12.5. The molecule has 0 saturated carbocycles. The smallest absolute Gasteiger partial charge is 0.262 e. The summed E-state index contributed by atoms with van der Waals surface area (Å²) < 4.78 is 1.38. The van der Waals surface area contributed by atoms with Crippen LogP contribution in [0.4, 0.5) is 0 Å². The predicted molar refractivity (Wildman–Crippen MR) is 106 cm³/mol. The highest BCUT2D eigenvalue weighted by Gasteiger charge is 2.15. The molecule has 0 fully saturated rings. The zero-order chi connectivity index (χ0) is 18.7. The maximum atomic E-state index is 12.8. The number of hydrogen-bond donors (Lipinski definition) is 0. The average molecular weight is 367 g/mol. The third-order valence-corrected chi connectivity index (χ3v) is 5.17. The number of likely N-dealkylation sites (N-methyl/N-ethyl adjacent to an activating group) is 1. The van der Waals surface area contributed by atoms with Gasteiger partial charge in [0.15, 0.2) is 0 Å². The van der Waals surface area contributed by atoms with Crippen LogP contribution in [0, 0.1) is 0 Å². The van der Waals surface area contributed by atoms with Gasteiger partial charge in [-0.05, 0) is 25.5 Å². The largest absolute Gasteiger partial charge is 0.337 e. The zero-order valence-corrected chi connectivity index (χ0v) is 15.8. The van der Waals surface area contributed by atoms with Crippen LogP contribution in [0.15, 0.2) is 59.7 Å². The van der Waals surface area contributed by atoms with Crippen LogP contribution in [0.2, 0.25) is 0 Å². The second-order valence-corrected chi connectivity index (χ2v) is 7.27. The van der Waals surface area contributed by atoms with Crippen molar-refractivity contribution in [3.8, 4) is 10.4 Å². The van der Waals surface area contributed by atoms with Gasteiger partial charge < -0.3 is 4.90 Å². The van der Waals surface area contributed by atoms with Gasteiger partial charge in [0, 0.05) is 18.0 Å². The predicted octanol–water partition coefficient (Wildman–Crippen LogP) is 3.55. The molecule has 2 heterocycles. The normalized spacial score (nSPS) is 10.8. The Balaban J connectivity index is 1.91. The molecule has 0 bridgehead atoms. The van der Waals surface area contributed by atoms with Crippen molar-refractivity contribution < 1.29 is 4.79 Å². The summed E-state index contributed by atoms with van der Waals surface area (Å²) in [7, 11) is 0. The lowest BCUT2D eigenvalue weighted by atomic mass is 10.2. The van der Waals surface area contributed by atoms with E-state index in [1.54, 1.807) is 4.90 Å². The van der Waals surface area contributed by atoms with E-state index < -0.39 is 0 Å². The Morgan fingerprint density at radius 2 is 2.04 bits per heavy atom. The van der Waals surface area contributed by atoms with Gasteiger partial charge in [-0.3, -0.25) is 14.2 Å². The first-order valence-electron chi connectivity index (χ1n) is 8.46. The van der Waals surface area contributed by atoms with Gasteiger partial charge in [-0.15, -0.1) is 11.3 Å². The Kier molecular flexibility index (Phi) is 5.32. The molecule has 0 N–H and O–H groups in total. The number of carbonyl (C=O) groups excluding carboxylic acids is 1. The van der Waals surface area contributed by atoms with Crippen molar-refractivity contribution in [3.63, 3.8) is 0 Å². The van der Waals surface area contributed by atoms with E-state index >= 15 is 0 Å². The summed E-state index contributed by atoms with van der Waals surface area (Å²) >= 11 is 1.48. The number of hydrogen-bond acceptors (Lipinski definition) is 4. The van der Waals surface area contributed by atoms with Crippen LogP contribution in [-0.2, 0) is 11.3 Å². The molecule has 26 heavy (non-hydrogen) atoms. The van der Waals surface area contributed by atoms with Gasteiger partial charge in [0.1, 0.15) is 11.4 Å². The third-order valence-electron chi connectivity index (χ3n) is 4.08. The molecule has 134 valence electrons. The fourth-order valence-corrected chi connectivity index (χ4v) is 3.76. The summed E-state index contributed by atoms with van der Waals surface area (Å²) in [4.78, 5) is 33.0. The minimum Gasteiger partial charge on any atom is -0.337 e. The molecule has 0 saturated heterocycles. The van der Waals surface area contributed by atoms with E-state index in [-0.39, 0.29) is 18.0 Å². The van der Waals surface area contributed by atoms with Crippen molar-refractivity contribution in [2.24, 2.45) is 0 Å². The number of benzene rings is 1. The highest BCUT2D eigenvalue weighted by molar-refractivity contribution is 7.21. The monoisotopic (exact) mass is 367 g/mol. The zero-order valence-electron chi connectivity index (χ0n) is 14.9. The Morgan fingerprint density at radius 1 is 1.31 bits per heavy atom. The van der Waals surface area contributed by atoms with Crippen LogP contribution < -0.4 is 5.56 Å². The van der Waals surface area contributed by atoms with Crippen molar-refractivity contribution in [1.29, 1.82) is 0 Å². The summed E-state index contributed by atoms with van der Waals surface area (Å²) in [5, 5.41) is 0.548. The Labute approximate surface area is 156 Å². The summed E-state index contributed by atoms with van der Waals surface area (Å²) in [6.45, 7) is 8.70. The highest BCUT2D eigenvalue weighted by Crippen LogP contribution is 2.30. The molecule has 0 unspecified atom stereocenters. The second-order valence-electron chi connectivity index (χ2n) is 6.24. The van der Waals surface area contributed by atoms with Crippen molar-refractivity contribution in [3.05, 3.63) is 65.2 Å². The van der Waals surface area contributed by atoms with E-state index in [0.29, 0.717) is 23.3 Å². The molecule has 2 aromatic heterocycles. The molecule has 1 amide bonds. The van der Waals surface area contributed by atoms with Crippen LogP contribution >= 0.6 is 11.3 Å². The fourth-order valence-electron chi connectivity index (χ4n) is 2.76. The van der Waals surface area contributed by atoms with E-state index in [0.717, 1.165) is 16.0 Å². The quantitative estimate of drug-likeness (QED) is 0.626. The Bertz CT molecular complexity index is 1000. The molecule has 6 heteroatoms. The van der Waals surface area contributed by atoms with Gasteiger partial charge >= 0.3 is 0 Å². The topological polar surface area (TPSA) is 55.2 Å². The molecule has 0 aliphatic carbocycles. The van der Waals surface area contributed by atoms with Crippen molar-refractivity contribution in [2.45, 2.75) is 20.4 Å². The molecule has 0 radical (unpaired) electrons. The number of amides is 1. The minimum atomic E-state index is -0.187. The maximum absolute atomic E-state index is 12.8. The number of aromatic nitrogens is 2. The van der Waals surface area contributed by atoms with Crippen LogP contribution in [0.1, 0.15) is 13.8 Å². The van der Waals surface area contributed by atoms with Crippen LogP contribution in [0.25, 0.3) is 20.7 Å². The van der Waals surface area contributed by atoms with E-state index in [2.05, 4.69) is 11.6 Å². The van der Waals surface area contributed by atoms with Gasteiger partial charge in [-0.1, -0.05) is 42.5 Å². The number of nitrogens with zero attached hydrogens (tertiary/aromatic N) is 3. The number of fused-ring (bicyclic) bond motifs is 1. The van der Waals surface area contributed by atoms with E-state index in [1.807, 2.05) is 50.2 Å². The van der Waals surface area contributed by atoms with Crippen LogP contribution in [-0.4, -0.2) is 33.4 Å². The molecule has 1 aromatic carbocycles. The molecule has 3 aromatic rings. The van der Waals surface area contributed by atoms with Crippen molar-refractivity contribution in [1.82, 2.24) is 14.5 Å². The lowest BCUT2D eigenvalue weighted by Gasteiger charge is -2.21. The summed E-state index contributed by atoms with van der Waals surface area (Å²) in [5.41, 5.74) is 1.77. The SMILES string of the molecule is C=C(C)CN(CC)C(=O)Cn1cnc2sc(-c3ccccc3)cc2c1=O. The Hall–Kier alpha value is -2.73. The second kappa shape index (κ2) is 7.66. The molecule has 0 atom stereocenters. The first kappa shape index (κ1) is 18.1. The van der Waals surface area contributed by atoms with Crippen LogP contribution in [0.3, 0.4) is 0 Å². The third kappa shape index (κ3) is 3.75. The standard InChI is InChI=1S/C20H21N3O2S/c1-4-22(11-14(2)3)18(24)12-23-13-21-19-16(20(23)25)10-17(26-19)15-8-6-5-7-9-15/h5-10,13H,2,4,11-12H2,1,3H3. The van der Waals surface area contributed by atoms with Crippen LogP contribution in [0.5, 0.6) is 0 Å². The van der Waals surface area contributed by atoms with Gasteiger partial charge in [0.2, 0.25) is 5.91 Å². The first-order valence-corrected chi connectivity index (χ1v) is 9.27. The molecule has 0 aliphatic rings. The molecule has 3 rings (SSSR count). The van der Waals surface area contributed by atoms with Crippen molar-refractivity contribution in [2.75, 3.05) is 13.1 Å². The molecule has 0 aliphatic heterocycles.